The summed E-state index contributed by atoms with van der Waals surface area (Å²) in [6.07, 6.45) is 1.84. The summed E-state index contributed by atoms with van der Waals surface area (Å²) < 4.78 is 24.7. The van der Waals surface area contributed by atoms with Crippen LogP contribution in [0.15, 0.2) is 28.2 Å². The highest BCUT2D eigenvalue weighted by atomic mass is 35.5. The molecule has 0 N–H and O–H groups in total. The highest BCUT2D eigenvalue weighted by Gasteiger charge is 2.33. The van der Waals surface area contributed by atoms with Crippen molar-refractivity contribution in [2.75, 3.05) is 24.5 Å². The number of imide groups is 1. The maximum atomic E-state index is 15.0. The number of thioether (sulfide) groups is 1. The first-order valence-corrected chi connectivity index (χ1v) is 12.0. The van der Waals surface area contributed by atoms with Crippen LogP contribution in [-0.2, 0) is 28.7 Å². The number of alkyl halides is 1. The Hall–Kier alpha value is -2.10. The van der Waals surface area contributed by atoms with Crippen LogP contribution in [0, 0.1) is 5.82 Å². The Bertz CT molecular complexity index is 984. The van der Waals surface area contributed by atoms with Gasteiger partial charge in [-0.05, 0) is 51.7 Å². The third-order valence-electron chi connectivity index (χ3n) is 4.89. The lowest BCUT2D eigenvalue weighted by molar-refractivity contribution is -0.140. The number of benzene rings is 1. The predicted molar refractivity (Wildman–Crippen MR) is 124 cm³/mol. The Morgan fingerprint density at radius 3 is 2.39 bits per heavy atom. The molecule has 1 aliphatic carbocycles. The molecule has 1 atom stereocenters. The van der Waals surface area contributed by atoms with Crippen molar-refractivity contribution in [3.63, 3.8) is 0 Å². The Labute approximate surface area is 205 Å². The minimum Gasteiger partial charge on any atom is -0.468 e. The van der Waals surface area contributed by atoms with E-state index in [2.05, 4.69) is 4.74 Å². The van der Waals surface area contributed by atoms with E-state index >= 15 is 0 Å². The van der Waals surface area contributed by atoms with Gasteiger partial charge in [0.2, 0.25) is 5.91 Å². The van der Waals surface area contributed by atoms with Crippen molar-refractivity contribution in [3.8, 4) is 0 Å². The summed E-state index contributed by atoms with van der Waals surface area (Å²) in [7, 11) is 1.23. The largest absolute Gasteiger partial charge is 0.468 e. The molecule has 33 heavy (non-hydrogen) atoms. The average Bonchev–Trinajstić information content (AvgIpc) is 2.81. The monoisotopic (exact) mass is 519 g/mol. The molecule has 0 radical (unpaired) electrons. The van der Waals surface area contributed by atoms with Gasteiger partial charge in [-0.3, -0.25) is 14.4 Å². The molecule has 1 unspecified atom stereocenters. The third-order valence-corrected chi connectivity index (χ3v) is 6.68. The Balaban J connectivity index is 2.57. The number of rotatable bonds is 8. The van der Waals surface area contributed by atoms with E-state index in [1.807, 2.05) is 0 Å². The minimum absolute atomic E-state index is 0.00757. The fraction of sp³-hybridized carbons (Fsp3) is 0.455. The fourth-order valence-corrected chi connectivity index (χ4v) is 4.65. The minimum atomic E-state index is -0.934. The lowest BCUT2D eigenvalue weighted by Crippen LogP contribution is -2.40. The SMILES string of the molecule is CCOC(=O)C1=C(C(=O)N(C(=O)CCl)c2cc(SC(C)C(=O)OC)c(Cl)cc2F)CCCC1. The molecule has 0 spiro atoms. The molecule has 0 bridgehead atoms. The molecule has 1 aromatic carbocycles. The number of anilines is 1. The van der Waals surface area contributed by atoms with E-state index in [0.717, 1.165) is 17.8 Å². The lowest BCUT2D eigenvalue weighted by Gasteiger charge is -2.26. The summed E-state index contributed by atoms with van der Waals surface area (Å²) in [5.41, 5.74) is -0.121. The summed E-state index contributed by atoms with van der Waals surface area (Å²) in [6, 6.07) is 2.16. The summed E-state index contributed by atoms with van der Waals surface area (Å²) in [5.74, 6) is -4.42. The van der Waals surface area contributed by atoms with Gasteiger partial charge in [-0.2, -0.15) is 0 Å². The molecular weight excluding hydrogens is 496 g/mol. The van der Waals surface area contributed by atoms with Crippen molar-refractivity contribution in [2.45, 2.75) is 49.7 Å². The number of methoxy groups -OCH3 is 1. The molecule has 0 heterocycles. The molecule has 0 saturated heterocycles. The van der Waals surface area contributed by atoms with Crippen LogP contribution in [0.3, 0.4) is 0 Å². The first-order valence-electron chi connectivity index (χ1n) is 10.2. The first-order chi connectivity index (χ1) is 15.7. The van der Waals surface area contributed by atoms with Gasteiger partial charge in [0.25, 0.3) is 5.91 Å². The van der Waals surface area contributed by atoms with Gasteiger partial charge in [-0.25, -0.2) is 14.1 Å². The van der Waals surface area contributed by atoms with Gasteiger partial charge < -0.3 is 9.47 Å². The van der Waals surface area contributed by atoms with Crippen LogP contribution in [0.1, 0.15) is 39.5 Å². The molecular formula is C22H24Cl2FNO6S. The molecule has 0 aliphatic heterocycles. The van der Waals surface area contributed by atoms with Gasteiger partial charge in [0.05, 0.1) is 24.4 Å². The van der Waals surface area contributed by atoms with Crippen LogP contribution in [0.2, 0.25) is 5.02 Å². The summed E-state index contributed by atoms with van der Waals surface area (Å²) >= 11 is 12.9. The standard InChI is InChI=1S/C22H24Cl2FNO6S/c1-4-32-22(30)14-8-6-5-7-13(14)20(28)26(19(27)11-23)17-10-18(15(24)9-16(17)25)33-12(2)21(29)31-3/h9-10,12H,4-8,11H2,1-3H3. The van der Waals surface area contributed by atoms with Gasteiger partial charge in [0.1, 0.15) is 16.9 Å². The number of esters is 2. The summed E-state index contributed by atoms with van der Waals surface area (Å²) in [6.45, 7) is 3.34. The van der Waals surface area contributed by atoms with Gasteiger partial charge >= 0.3 is 11.9 Å². The summed E-state index contributed by atoms with van der Waals surface area (Å²) in [4.78, 5) is 51.2. The van der Waals surface area contributed by atoms with Crippen molar-refractivity contribution in [3.05, 3.63) is 34.1 Å². The number of hydrogen-bond acceptors (Lipinski definition) is 7. The van der Waals surface area contributed by atoms with Crippen LogP contribution in [-0.4, -0.2) is 48.6 Å². The number of amides is 2. The molecule has 0 saturated carbocycles. The smallest absolute Gasteiger partial charge is 0.334 e. The molecule has 11 heteroatoms. The second-order valence-corrected chi connectivity index (χ2v) is 9.13. The number of carbonyl (C=O) groups excluding carboxylic acids is 4. The fourth-order valence-electron chi connectivity index (χ4n) is 3.32. The quantitative estimate of drug-likeness (QED) is 0.280. The molecule has 0 aromatic heterocycles. The van der Waals surface area contributed by atoms with E-state index in [1.54, 1.807) is 13.8 Å². The zero-order valence-corrected chi connectivity index (χ0v) is 20.7. The second-order valence-electron chi connectivity index (χ2n) is 7.07. The molecule has 1 aromatic rings. The van der Waals surface area contributed by atoms with E-state index in [4.69, 9.17) is 27.9 Å². The maximum absolute atomic E-state index is 15.0. The highest BCUT2D eigenvalue weighted by Crippen LogP contribution is 2.37. The number of carbonyl (C=O) groups is 4. The number of nitrogens with zero attached hydrogens (tertiary/aromatic N) is 1. The van der Waals surface area contributed by atoms with E-state index in [-0.39, 0.29) is 39.8 Å². The third kappa shape index (κ3) is 6.49. The van der Waals surface area contributed by atoms with Crippen molar-refractivity contribution in [2.24, 2.45) is 0 Å². The zero-order valence-electron chi connectivity index (χ0n) is 18.4. The van der Waals surface area contributed by atoms with Gasteiger partial charge in [0.15, 0.2) is 0 Å². The van der Waals surface area contributed by atoms with Crippen LogP contribution < -0.4 is 4.90 Å². The normalized spacial score (nSPS) is 14.5. The number of hydrogen-bond donors (Lipinski definition) is 0. The molecule has 180 valence electrons. The number of halogens is 3. The molecule has 2 rings (SSSR count). The number of ether oxygens (including phenoxy) is 2. The Kier molecular flexibility index (Phi) is 10.2. The van der Waals surface area contributed by atoms with Crippen molar-refractivity contribution in [1.29, 1.82) is 0 Å². The molecule has 0 fully saturated rings. The van der Waals surface area contributed by atoms with Crippen LogP contribution in [0.5, 0.6) is 0 Å². The lowest BCUT2D eigenvalue weighted by atomic mass is 9.90. The van der Waals surface area contributed by atoms with Crippen molar-refractivity contribution >= 4 is 64.4 Å². The van der Waals surface area contributed by atoms with Gasteiger partial charge in [-0.1, -0.05) is 11.6 Å². The van der Waals surface area contributed by atoms with E-state index < -0.39 is 40.7 Å². The molecule has 2 amide bonds. The van der Waals surface area contributed by atoms with Gasteiger partial charge in [-0.15, -0.1) is 23.4 Å². The van der Waals surface area contributed by atoms with Crippen molar-refractivity contribution < 1.29 is 33.0 Å². The van der Waals surface area contributed by atoms with Crippen LogP contribution in [0.25, 0.3) is 0 Å². The Morgan fingerprint density at radius 2 is 1.82 bits per heavy atom. The van der Waals surface area contributed by atoms with Crippen molar-refractivity contribution in [1.82, 2.24) is 0 Å². The zero-order chi connectivity index (χ0) is 24.7. The average molecular weight is 520 g/mol. The molecule has 1 aliphatic rings. The highest BCUT2D eigenvalue weighted by molar-refractivity contribution is 8.00. The maximum Gasteiger partial charge on any atom is 0.334 e. The topological polar surface area (TPSA) is 90.0 Å². The van der Waals surface area contributed by atoms with Crippen LogP contribution in [0.4, 0.5) is 10.1 Å². The van der Waals surface area contributed by atoms with Crippen LogP contribution >= 0.6 is 35.0 Å². The molecule has 7 nitrogen and oxygen atoms in total. The Morgan fingerprint density at radius 1 is 1.18 bits per heavy atom. The summed E-state index contributed by atoms with van der Waals surface area (Å²) in [5, 5.41) is -0.693. The van der Waals surface area contributed by atoms with Gasteiger partial charge in [0, 0.05) is 16.0 Å². The first kappa shape index (κ1) is 27.1. The predicted octanol–water partition coefficient (Wildman–Crippen LogP) is 4.66. The van der Waals surface area contributed by atoms with E-state index in [9.17, 15) is 23.6 Å². The second kappa shape index (κ2) is 12.4. The van der Waals surface area contributed by atoms with E-state index in [0.29, 0.717) is 24.2 Å². The van der Waals surface area contributed by atoms with E-state index in [1.165, 1.54) is 13.2 Å².